The first-order chi connectivity index (χ1) is 7.84. The van der Waals surface area contributed by atoms with Crippen LogP contribution in [0.15, 0.2) is 0 Å². The van der Waals surface area contributed by atoms with Crippen LogP contribution in [0.4, 0.5) is 0 Å². The third-order valence-electron chi connectivity index (χ3n) is 2.05. The van der Waals surface area contributed by atoms with Crippen molar-refractivity contribution in [2.24, 2.45) is 11.5 Å². The Morgan fingerprint density at radius 3 is 2.47 bits per heavy atom. The molecule has 9 N–H and O–H groups in total. The number of hydrogen-bond acceptors (Lipinski definition) is 3. The summed E-state index contributed by atoms with van der Waals surface area (Å²) in [5.74, 6) is -1.66. The van der Waals surface area contributed by atoms with E-state index in [2.05, 4.69) is 16.0 Å². The highest BCUT2D eigenvalue weighted by Gasteiger charge is 2.17. The molecule has 0 aromatic carbocycles. The van der Waals surface area contributed by atoms with E-state index in [1.54, 1.807) is 6.92 Å². The van der Waals surface area contributed by atoms with Crippen LogP contribution in [0.25, 0.3) is 0 Å². The highest BCUT2D eigenvalue weighted by molar-refractivity contribution is 5.84. The Hall–Kier alpha value is -1.83. The third-order valence-corrected chi connectivity index (χ3v) is 2.05. The number of quaternary nitrogens is 1. The molecular formula is C9H20N5O3+. The van der Waals surface area contributed by atoms with Crippen LogP contribution in [-0.2, 0) is 9.59 Å². The maximum atomic E-state index is 11.3. The van der Waals surface area contributed by atoms with Crippen LogP contribution in [-0.4, -0.2) is 36.5 Å². The van der Waals surface area contributed by atoms with Gasteiger partial charge in [-0.05, 0) is 19.8 Å². The summed E-state index contributed by atoms with van der Waals surface area (Å²) >= 11 is 0. The number of carboxylic acid groups (broad SMARTS) is 1. The average Bonchev–Trinajstić information content (AvgIpc) is 2.21. The van der Waals surface area contributed by atoms with Gasteiger partial charge in [0.1, 0.15) is 0 Å². The van der Waals surface area contributed by atoms with Crippen molar-refractivity contribution in [1.29, 1.82) is 0 Å². The standard InChI is InChI=1S/C9H19N5O3/c1-5(10)7(15)14-6(8(16)17)3-2-4-13-9(11)12/h5-6H,2-4,10H2,1H3,(H,14,15)(H,16,17)(H4,11,12,13)/p+1/t5-,6-/m0/s1. The Bertz CT molecular complexity index is 299. The zero-order valence-corrected chi connectivity index (χ0v) is 9.86. The Labute approximate surface area is 99.2 Å². The number of amides is 1. The Morgan fingerprint density at radius 2 is 2.06 bits per heavy atom. The van der Waals surface area contributed by atoms with Gasteiger partial charge >= 0.3 is 5.96 Å². The van der Waals surface area contributed by atoms with E-state index in [0.29, 0.717) is 13.0 Å². The SMILES string of the molecule is C[C@H]([NH3+])C(=O)N[C@@H](CCC[NH+]=C(N)N)C(=O)[O-]. The van der Waals surface area contributed by atoms with E-state index in [1.165, 1.54) is 0 Å². The fourth-order valence-electron chi connectivity index (χ4n) is 1.10. The normalized spacial score (nSPS) is 13.5. The number of hydrogen-bond donors (Lipinski definition) is 5. The molecule has 17 heavy (non-hydrogen) atoms. The number of carbonyl (C=O) groups is 2. The van der Waals surface area contributed by atoms with E-state index in [9.17, 15) is 14.7 Å². The Kier molecular flexibility index (Phi) is 6.64. The molecule has 0 fully saturated rings. The summed E-state index contributed by atoms with van der Waals surface area (Å²) in [7, 11) is 0. The summed E-state index contributed by atoms with van der Waals surface area (Å²) in [5.41, 5.74) is 13.8. The molecule has 0 aromatic heterocycles. The summed E-state index contributed by atoms with van der Waals surface area (Å²) in [6, 6.07) is -1.53. The van der Waals surface area contributed by atoms with Gasteiger partial charge in [0.15, 0.2) is 6.04 Å². The molecule has 0 radical (unpaired) electrons. The van der Waals surface area contributed by atoms with Gasteiger partial charge in [-0.2, -0.15) is 0 Å². The van der Waals surface area contributed by atoms with E-state index < -0.39 is 24.0 Å². The van der Waals surface area contributed by atoms with Crippen molar-refractivity contribution in [1.82, 2.24) is 5.32 Å². The number of carboxylic acids is 1. The van der Waals surface area contributed by atoms with Gasteiger partial charge in [-0.1, -0.05) is 0 Å². The highest BCUT2D eigenvalue weighted by Crippen LogP contribution is 1.95. The second kappa shape index (κ2) is 7.44. The van der Waals surface area contributed by atoms with Crippen molar-refractivity contribution in [2.75, 3.05) is 6.54 Å². The van der Waals surface area contributed by atoms with Crippen LogP contribution >= 0.6 is 0 Å². The van der Waals surface area contributed by atoms with Crippen molar-refractivity contribution in [2.45, 2.75) is 31.8 Å². The van der Waals surface area contributed by atoms with Crippen molar-refractivity contribution < 1.29 is 25.4 Å². The van der Waals surface area contributed by atoms with Crippen LogP contribution in [0.3, 0.4) is 0 Å². The predicted octanol–water partition coefficient (Wildman–Crippen LogP) is -6.01. The predicted molar refractivity (Wildman–Crippen MR) is 57.7 cm³/mol. The minimum atomic E-state index is -1.32. The minimum Gasteiger partial charge on any atom is -0.548 e. The molecule has 1 amide bonds. The van der Waals surface area contributed by atoms with E-state index >= 15 is 0 Å². The summed E-state index contributed by atoms with van der Waals surface area (Å²) in [6.07, 6.45) is 0.726. The molecular weight excluding hydrogens is 226 g/mol. The van der Waals surface area contributed by atoms with E-state index in [1.807, 2.05) is 0 Å². The smallest absolute Gasteiger partial charge is 0.338 e. The van der Waals surface area contributed by atoms with Crippen LogP contribution in [0.2, 0.25) is 0 Å². The largest absolute Gasteiger partial charge is 0.548 e. The summed E-state index contributed by atoms with van der Waals surface area (Å²) < 4.78 is 0. The van der Waals surface area contributed by atoms with Gasteiger partial charge in [0.05, 0.1) is 18.6 Å². The maximum Gasteiger partial charge on any atom is 0.338 e. The molecule has 0 aromatic rings. The van der Waals surface area contributed by atoms with E-state index in [0.717, 1.165) is 0 Å². The molecule has 0 bridgehead atoms. The molecule has 0 heterocycles. The van der Waals surface area contributed by atoms with Crippen LogP contribution in [0, 0.1) is 0 Å². The van der Waals surface area contributed by atoms with Crippen LogP contribution in [0.5, 0.6) is 0 Å². The van der Waals surface area contributed by atoms with Crippen LogP contribution in [0.1, 0.15) is 19.8 Å². The quantitative estimate of drug-likeness (QED) is 0.171. The molecule has 0 spiro atoms. The van der Waals surface area contributed by atoms with Gasteiger partial charge in [-0.25, -0.2) is 0 Å². The lowest BCUT2D eigenvalue weighted by molar-refractivity contribution is -0.459. The third kappa shape index (κ3) is 7.12. The molecule has 0 saturated heterocycles. The molecule has 2 atom stereocenters. The number of rotatable bonds is 7. The first-order valence-electron chi connectivity index (χ1n) is 5.30. The zero-order valence-electron chi connectivity index (χ0n) is 9.86. The average molecular weight is 246 g/mol. The summed E-state index contributed by atoms with van der Waals surface area (Å²) in [5, 5.41) is 13.1. The minimum absolute atomic E-state index is 0.0745. The zero-order chi connectivity index (χ0) is 13.4. The lowest BCUT2D eigenvalue weighted by Crippen LogP contribution is -2.78. The number of carbonyl (C=O) groups excluding carboxylic acids is 2. The Balaban J connectivity index is 4.13. The summed E-state index contributed by atoms with van der Waals surface area (Å²) in [4.78, 5) is 24.7. The maximum absolute atomic E-state index is 11.3. The lowest BCUT2D eigenvalue weighted by atomic mass is 10.1. The first kappa shape index (κ1) is 15.2. The highest BCUT2D eigenvalue weighted by atomic mass is 16.4. The Morgan fingerprint density at radius 1 is 1.47 bits per heavy atom. The molecule has 8 heteroatoms. The number of aliphatic carboxylic acids is 1. The van der Waals surface area contributed by atoms with Gasteiger partial charge in [0.25, 0.3) is 5.91 Å². The fourth-order valence-corrected chi connectivity index (χ4v) is 1.10. The van der Waals surface area contributed by atoms with Crippen molar-refractivity contribution in [3.8, 4) is 0 Å². The fraction of sp³-hybridized carbons (Fsp3) is 0.667. The topological polar surface area (TPSA) is 163 Å². The number of guanidine groups is 1. The second-order valence-electron chi connectivity index (χ2n) is 3.81. The van der Waals surface area contributed by atoms with Gasteiger partial charge in [0, 0.05) is 0 Å². The van der Waals surface area contributed by atoms with Crippen molar-refractivity contribution in [3.63, 3.8) is 0 Å². The summed E-state index contributed by atoms with van der Waals surface area (Å²) in [6.45, 7) is 2.01. The molecule has 0 unspecified atom stereocenters. The van der Waals surface area contributed by atoms with Crippen molar-refractivity contribution >= 4 is 17.8 Å². The van der Waals surface area contributed by atoms with Crippen LogP contribution < -0.4 is 32.6 Å². The molecule has 8 nitrogen and oxygen atoms in total. The van der Waals surface area contributed by atoms with E-state index in [4.69, 9.17) is 11.5 Å². The number of nitrogens with one attached hydrogen (secondary N) is 2. The van der Waals surface area contributed by atoms with Gasteiger partial charge in [-0.15, -0.1) is 0 Å². The van der Waals surface area contributed by atoms with Gasteiger partial charge < -0.3 is 21.0 Å². The molecule has 0 aliphatic carbocycles. The lowest BCUT2D eigenvalue weighted by Gasteiger charge is -2.19. The molecule has 0 aliphatic rings. The van der Waals surface area contributed by atoms with E-state index in [-0.39, 0.29) is 12.4 Å². The molecule has 98 valence electrons. The van der Waals surface area contributed by atoms with Gasteiger partial charge in [-0.3, -0.25) is 21.3 Å². The number of nitrogens with two attached hydrogens (primary N) is 2. The van der Waals surface area contributed by atoms with Gasteiger partial charge in [0.2, 0.25) is 0 Å². The van der Waals surface area contributed by atoms with Crippen molar-refractivity contribution in [3.05, 3.63) is 0 Å². The molecule has 0 aliphatic heterocycles. The first-order valence-corrected chi connectivity index (χ1v) is 5.30. The molecule has 0 saturated carbocycles. The second-order valence-corrected chi connectivity index (χ2v) is 3.81. The monoisotopic (exact) mass is 246 g/mol. The molecule has 0 rings (SSSR count).